The standard InChI is InChI=1S/C13H19BrFNO/c1-9(2)13(8-17-3)16-7-10-4-5-12(15)11(14)6-10/h4-6,9,13,16H,7-8H2,1-3H3. The van der Waals surface area contributed by atoms with Crippen LogP contribution in [0.5, 0.6) is 0 Å². The third-order valence-corrected chi connectivity index (χ3v) is 3.31. The van der Waals surface area contributed by atoms with Gasteiger partial charge in [-0.05, 0) is 39.5 Å². The minimum atomic E-state index is -0.231. The Hall–Kier alpha value is -0.450. The van der Waals surface area contributed by atoms with Gasteiger partial charge >= 0.3 is 0 Å². The van der Waals surface area contributed by atoms with Crippen molar-refractivity contribution in [1.29, 1.82) is 0 Å². The first-order valence-corrected chi connectivity index (χ1v) is 6.50. The van der Waals surface area contributed by atoms with Crippen LogP contribution in [0.3, 0.4) is 0 Å². The third kappa shape index (κ3) is 4.74. The minimum absolute atomic E-state index is 0.231. The van der Waals surface area contributed by atoms with Crippen molar-refractivity contribution in [2.75, 3.05) is 13.7 Å². The highest BCUT2D eigenvalue weighted by atomic mass is 79.9. The maximum atomic E-state index is 13.1. The Morgan fingerprint density at radius 3 is 2.65 bits per heavy atom. The van der Waals surface area contributed by atoms with Crippen molar-refractivity contribution >= 4 is 15.9 Å². The topological polar surface area (TPSA) is 21.3 Å². The first kappa shape index (κ1) is 14.6. The van der Waals surface area contributed by atoms with E-state index in [0.29, 0.717) is 29.6 Å². The van der Waals surface area contributed by atoms with E-state index in [-0.39, 0.29) is 5.82 Å². The predicted molar refractivity (Wildman–Crippen MR) is 71.4 cm³/mol. The summed E-state index contributed by atoms with van der Waals surface area (Å²) in [5.41, 5.74) is 1.06. The SMILES string of the molecule is COCC(NCc1ccc(F)c(Br)c1)C(C)C. The molecule has 0 fully saturated rings. The van der Waals surface area contributed by atoms with Gasteiger partial charge in [-0.25, -0.2) is 4.39 Å². The van der Waals surface area contributed by atoms with Gasteiger partial charge in [0.2, 0.25) is 0 Å². The van der Waals surface area contributed by atoms with Gasteiger partial charge in [0.15, 0.2) is 0 Å². The fourth-order valence-electron chi connectivity index (χ4n) is 1.57. The second kappa shape index (κ2) is 7.09. The van der Waals surface area contributed by atoms with Crippen LogP contribution in [0.4, 0.5) is 4.39 Å². The molecule has 1 rings (SSSR count). The monoisotopic (exact) mass is 303 g/mol. The van der Waals surface area contributed by atoms with Crippen molar-refractivity contribution in [3.05, 3.63) is 34.1 Å². The second-order valence-electron chi connectivity index (χ2n) is 4.44. The van der Waals surface area contributed by atoms with E-state index in [1.807, 2.05) is 0 Å². The van der Waals surface area contributed by atoms with Gasteiger partial charge in [-0.2, -0.15) is 0 Å². The molecule has 0 spiro atoms. The van der Waals surface area contributed by atoms with Crippen molar-refractivity contribution in [1.82, 2.24) is 5.32 Å². The molecule has 1 N–H and O–H groups in total. The molecule has 0 bridgehead atoms. The van der Waals surface area contributed by atoms with E-state index in [0.717, 1.165) is 5.56 Å². The summed E-state index contributed by atoms with van der Waals surface area (Å²) >= 11 is 3.19. The molecule has 0 saturated heterocycles. The zero-order valence-electron chi connectivity index (χ0n) is 10.5. The Kier molecular flexibility index (Phi) is 6.09. The van der Waals surface area contributed by atoms with Crippen molar-refractivity contribution < 1.29 is 9.13 Å². The van der Waals surface area contributed by atoms with E-state index in [1.54, 1.807) is 19.2 Å². The van der Waals surface area contributed by atoms with Gasteiger partial charge < -0.3 is 10.1 Å². The second-order valence-corrected chi connectivity index (χ2v) is 5.29. The van der Waals surface area contributed by atoms with Crippen LogP contribution in [0.2, 0.25) is 0 Å². The number of ether oxygens (including phenoxy) is 1. The number of hydrogen-bond acceptors (Lipinski definition) is 2. The van der Waals surface area contributed by atoms with E-state index in [4.69, 9.17) is 4.74 Å². The molecule has 1 aromatic rings. The number of hydrogen-bond donors (Lipinski definition) is 1. The van der Waals surface area contributed by atoms with Crippen LogP contribution in [0, 0.1) is 11.7 Å². The number of rotatable bonds is 6. The molecule has 17 heavy (non-hydrogen) atoms. The summed E-state index contributed by atoms with van der Waals surface area (Å²) in [4.78, 5) is 0. The molecule has 0 amide bonds. The molecule has 0 saturated carbocycles. The summed E-state index contributed by atoms with van der Waals surface area (Å²) in [5, 5.41) is 3.41. The van der Waals surface area contributed by atoms with E-state index < -0.39 is 0 Å². The van der Waals surface area contributed by atoms with Crippen LogP contribution < -0.4 is 5.32 Å². The van der Waals surface area contributed by atoms with Gasteiger partial charge in [0.05, 0.1) is 11.1 Å². The molecule has 0 aliphatic rings. The summed E-state index contributed by atoms with van der Waals surface area (Å²) in [5.74, 6) is 0.268. The van der Waals surface area contributed by atoms with E-state index >= 15 is 0 Å². The number of benzene rings is 1. The maximum Gasteiger partial charge on any atom is 0.137 e. The molecule has 4 heteroatoms. The van der Waals surface area contributed by atoms with Crippen LogP contribution in [-0.4, -0.2) is 19.8 Å². The first-order valence-electron chi connectivity index (χ1n) is 5.70. The lowest BCUT2D eigenvalue weighted by atomic mass is 10.0. The summed E-state index contributed by atoms with van der Waals surface area (Å²) in [6, 6.07) is 5.37. The molecule has 0 heterocycles. The van der Waals surface area contributed by atoms with Crippen molar-refractivity contribution in [2.24, 2.45) is 5.92 Å². The Morgan fingerprint density at radius 1 is 1.41 bits per heavy atom. The molecule has 1 aromatic carbocycles. The molecule has 2 nitrogen and oxygen atoms in total. The van der Waals surface area contributed by atoms with E-state index in [9.17, 15) is 4.39 Å². The molecule has 0 aliphatic carbocycles. The lowest BCUT2D eigenvalue weighted by molar-refractivity contribution is 0.146. The van der Waals surface area contributed by atoms with Crippen LogP contribution in [0.1, 0.15) is 19.4 Å². The van der Waals surface area contributed by atoms with Gasteiger partial charge in [-0.15, -0.1) is 0 Å². The average molecular weight is 304 g/mol. The molecular weight excluding hydrogens is 285 g/mol. The molecule has 0 radical (unpaired) electrons. The molecule has 96 valence electrons. The van der Waals surface area contributed by atoms with E-state index in [1.165, 1.54) is 6.07 Å². The van der Waals surface area contributed by atoms with Crippen LogP contribution in [0.25, 0.3) is 0 Å². The van der Waals surface area contributed by atoms with Gasteiger partial charge in [0, 0.05) is 19.7 Å². The third-order valence-electron chi connectivity index (χ3n) is 2.70. The largest absolute Gasteiger partial charge is 0.383 e. The number of nitrogens with one attached hydrogen (secondary N) is 1. The molecule has 0 aliphatic heterocycles. The molecule has 1 atom stereocenters. The number of halogens is 2. The van der Waals surface area contributed by atoms with Crippen LogP contribution in [-0.2, 0) is 11.3 Å². The van der Waals surface area contributed by atoms with Gasteiger partial charge in [0.25, 0.3) is 0 Å². The zero-order valence-corrected chi connectivity index (χ0v) is 12.1. The van der Waals surface area contributed by atoms with Gasteiger partial charge in [-0.3, -0.25) is 0 Å². The molecule has 0 aromatic heterocycles. The summed E-state index contributed by atoms with van der Waals surface area (Å²) < 4.78 is 18.7. The molecular formula is C13H19BrFNO. The highest BCUT2D eigenvalue weighted by Gasteiger charge is 2.12. The van der Waals surface area contributed by atoms with Crippen molar-refractivity contribution in [2.45, 2.75) is 26.4 Å². The summed E-state index contributed by atoms with van der Waals surface area (Å²) in [7, 11) is 1.70. The van der Waals surface area contributed by atoms with Crippen molar-refractivity contribution in [3.8, 4) is 0 Å². The molecule has 1 unspecified atom stereocenters. The lowest BCUT2D eigenvalue weighted by Crippen LogP contribution is -2.37. The lowest BCUT2D eigenvalue weighted by Gasteiger charge is -2.21. The van der Waals surface area contributed by atoms with Gasteiger partial charge in [-0.1, -0.05) is 19.9 Å². The van der Waals surface area contributed by atoms with Crippen molar-refractivity contribution in [3.63, 3.8) is 0 Å². The summed E-state index contributed by atoms with van der Waals surface area (Å²) in [6.45, 7) is 5.69. The normalized spacial score (nSPS) is 13.1. The highest BCUT2D eigenvalue weighted by Crippen LogP contribution is 2.17. The zero-order chi connectivity index (χ0) is 12.8. The minimum Gasteiger partial charge on any atom is -0.383 e. The maximum absolute atomic E-state index is 13.1. The Morgan fingerprint density at radius 2 is 2.12 bits per heavy atom. The Labute approximate surface area is 111 Å². The highest BCUT2D eigenvalue weighted by molar-refractivity contribution is 9.10. The predicted octanol–water partition coefficient (Wildman–Crippen LogP) is 3.35. The first-order chi connectivity index (χ1) is 8.04. The van der Waals surface area contributed by atoms with Crippen LogP contribution >= 0.6 is 15.9 Å². The Bertz CT molecular complexity index is 357. The summed E-state index contributed by atoms with van der Waals surface area (Å²) in [6.07, 6.45) is 0. The fourth-order valence-corrected chi connectivity index (χ4v) is 1.99. The van der Waals surface area contributed by atoms with Crippen LogP contribution in [0.15, 0.2) is 22.7 Å². The smallest absolute Gasteiger partial charge is 0.137 e. The quantitative estimate of drug-likeness (QED) is 0.870. The Balaban J connectivity index is 2.56. The fraction of sp³-hybridized carbons (Fsp3) is 0.538. The number of methoxy groups -OCH3 is 1. The average Bonchev–Trinajstić information content (AvgIpc) is 2.28. The van der Waals surface area contributed by atoms with E-state index in [2.05, 4.69) is 35.1 Å². The van der Waals surface area contributed by atoms with Gasteiger partial charge in [0.1, 0.15) is 5.82 Å².